The molecule has 13 atom stereocenters. The number of nitrogens with one attached hydrogen (secondary N) is 1. The van der Waals surface area contributed by atoms with Crippen molar-refractivity contribution in [1.29, 1.82) is 0 Å². The molecule has 2 aliphatic heterocycles. The van der Waals surface area contributed by atoms with Gasteiger partial charge >= 0.3 is 18.0 Å². The largest absolute Gasteiger partial charge is 0.455 e. The Balaban J connectivity index is 1.86. The van der Waals surface area contributed by atoms with Gasteiger partial charge in [-0.25, -0.2) is 18.8 Å². The molecule has 13 heteroatoms. The first-order chi connectivity index (χ1) is 25.2. The van der Waals surface area contributed by atoms with Crippen LogP contribution in [0, 0.1) is 23.7 Å². The molecular formula is C41H59FN2O10. The third-order valence-electron chi connectivity index (χ3n) is 11.7. The molecule has 300 valence electrons. The van der Waals surface area contributed by atoms with Crippen LogP contribution in [-0.2, 0) is 38.1 Å². The molecule has 3 aliphatic rings. The number of ether oxygens (including phenoxy) is 5. The number of benzene rings is 1. The Labute approximate surface area is 318 Å². The van der Waals surface area contributed by atoms with Gasteiger partial charge in [0.25, 0.3) is 5.67 Å². The molecule has 0 radical (unpaired) electrons. The molecule has 1 aromatic rings. The van der Waals surface area contributed by atoms with E-state index in [1.165, 1.54) is 19.9 Å². The smallest absolute Gasteiger partial charge is 0.408 e. The van der Waals surface area contributed by atoms with Crippen LogP contribution in [0.1, 0.15) is 91.4 Å². The first-order valence-electron chi connectivity index (χ1n) is 19.0. The Hall–Kier alpha value is -3.68. The first kappa shape index (κ1) is 43.1. The van der Waals surface area contributed by atoms with Crippen molar-refractivity contribution in [2.75, 3.05) is 20.7 Å². The van der Waals surface area contributed by atoms with Crippen LogP contribution in [0.2, 0.25) is 0 Å². The summed E-state index contributed by atoms with van der Waals surface area (Å²) in [4.78, 5) is 70.7. The molecule has 0 spiro atoms. The van der Waals surface area contributed by atoms with Crippen molar-refractivity contribution in [3.05, 3.63) is 48.6 Å². The van der Waals surface area contributed by atoms with E-state index in [-0.39, 0.29) is 37.2 Å². The third-order valence-corrected chi connectivity index (χ3v) is 11.7. The summed E-state index contributed by atoms with van der Waals surface area (Å²) >= 11 is 0. The molecule has 1 amide bonds. The molecule has 2 heterocycles. The lowest BCUT2D eigenvalue weighted by molar-refractivity contribution is -0.212. The number of likely N-dealkylation sites (N-methyl/N-ethyl adjacent to an activating group) is 1. The number of esters is 2. The summed E-state index contributed by atoms with van der Waals surface area (Å²) in [7, 11) is 3.77. The van der Waals surface area contributed by atoms with E-state index in [1.54, 1.807) is 58.0 Å². The summed E-state index contributed by atoms with van der Waals surface area (Å²) in [6, 6.07) is 7.35. The van der Waals surface area contributed by atoms with E-state index >= 15 is 4.39 Å². The molecule has 3 fully saturated rings. The Bertz CT molecular complexity index is 1550. The van der Waals surface area contributed by atoms with Crippen molar-refractivity contribution in [1.82, 2.24) is 10.2 Å². The SMILES string of the molecule is C=CCO[C@@]1(C)C[C@@H](C)C(=O)[C@@H](C)[C@H]2NC(=O)O[C@@]2(C)[C@H](CC)OC(=O)C(C)(F)C(=O)[C@H](C)[C@H]1O[C@@H]1C[C@H](C)C[C@H](N(C)C)[C@H]1OC(=O)c1ccccc1. The number of cyclic esters (lactones) is 1. The van der Waals surface area contributed by atoms with Gasteiger partial charge in [0.2, 0.25) is 0 Å². The van der Waals surface area contributed by atoms with Crippen LogP contribution < -0.4 is 5.32 Å². The summed E-state index contributed by atoms with van der Waals surface area (Å²) in [6.45, 7) is 16.4. The highest BCUT2D eigenvalue weighted by Crippen LogP contribution is 2.42. The molecule has 0 bridgehead atoms. The Morgan fingerprint density at radius 1 is 1.04 bits per heavy atom. The lowest BCUT2D eigenvalue weighted by atomic mass is 9.73. The number of alkyl carbamates (subject to hydrolysis) is 1. The second-order valence-electron chi connectivity index (χ2n) is 16.3. The van der Waals surface area contributed by atoms with Gasteiger partial charge in [-0.2, -0.15) is 0 Å². The van der Waals surface area contributed by atoms with Crippen molar-refractivity contribution in [3.8, 4) is 0 Å². The summed E-state index contributed by atoms with van der Waals surface area (Å²) < 4.78 is 47.9. The number of nitrogens with zero attached hydrogens (tertiary/aromatic N) is 1. The number of rotatable bonds is 9. The number of hydrogen-bond acceptors (Lipinski definition) is 11. The minimum absolute atomic E-state index is 0.00302. The molecule has 1 unspecified atom stereocenters. The van der Waals surface area contributed by atoms with Gasteiger partial charge in [-0.3, -0.25) is 9.59 Å². The molecular weight excluding hydrogens is 699 g/mol. The fraction of sp³-hybridized carbons (Fsp3) is 0.683. The highest BCUT2D eigenvalue weighted by atomic mass is 19.1. The van der Waals surface area contributed by atoms with E-state index in [0.717, 1.165) is 6.92 Å². The normalized spacial score (nSPS) is 39.5. The van der Waals surface area contributed by atoms with Crippen LogP contribution in [0.5, 0.6) is 0 Å². The molecule has 2 saturated heterocycles. The monoisotopic (exact) mass is 758 g/mol. The first-order valence-corrected chi connectivity index (χ1v) is 19.0. The Kier molecular flexibility index (Phi) is 13.5. The van der Waals surface area contributed by atoms with Gasteiger partial charge in [-0.1, -0.05) is 58.9 Å². The predicted octanol–water partition coefficient (Wildman–Crippen LogP) is 5.65. The van der Waals surface area contributed by atoms with Crippen molar-refractivity contribution >= 4 is 29.6 Å². The molecule has 1 aliphatic carbocycles. The number of Topliss-reactive ketones (excluding diaryl/α,β-unsaturated/α-hetero) is 2. The van der Waals surface area contributed by atoms with Crippen LogP contribution in [0.25, 0.3) is 0 Å². The minimum atomic E-state index is -3.17. The maximum absolute atomic E-state index is 16.9. The predicted molar refractivity (Wildman–Crippen MR) is 198 cm³/mol. The molecule has 4 rings (SSSR count). The molecule has 1 N–H and O–H groups in total. The maximum atomic E-state index is 16.9. The minimum Gasteiger partial charge on any atom is -0.455 e. The van der Waals surface area contributed by atoms with Gasteiger partial charge < -0.3 is 33.9 Å². The van der Waals surface area contributed by atoms with Crippen LogP contribution >= 0.6 is 0 Å². The number of fused-ring (bicyclic) bond motifs is 1. The summed E-state index contributed by atoms with van der Waals surface area (Å²) in [5.41, 5.74) is -5.83. The van der Waals surface area contributed by atoms with Crippen molar-refractivity contribution in [3.63, 3.8) is 0 Å². The van der Waals surface area contributed by atoms with E-state index in [4.69, 9.17) is 23.7 Å². The lowest BCUT2D eigenvalue weighted by Crippen LogP contribution is -2.61. The van der Waals surface area contributed by atoms with Gasteiger partial charge in [-0.05, 0) is 78.6 Å². The molecule has 1 aromatic carbocycles. The third kappa shape index (κ3) is 8.73. The summed E-state index contributed by atoms with van der Waals surface area (Å²) in [5, 5.41) is 2.71. The lowest BCUT2D eigenvalue weighted by Gasteiger charge is -2.48. The highest BCUT2D eigenvalue weighted by Gasteiger charge is 2.59. The van der Waals surface area contributed by atoms with Gasteiger partial charge in [0.15, 0.2) is 11.4 Å². The number of halogens is 1. The molecule has 12 nitrogen and oxygen atoms in total. The van der Waals surface area contributed by atoms with Gasteiger partial charge in [-0.15, -0.1) is 6.58 Å². The van der Waals surface area contributed by atoms with E-state index in [2.05, 4.69) is 18.8 Å². The van der Waals surface area contributed by atoms with Gasteiger partial charge in [0.05, 0.1) is 36.0 Å². The number of hydrogen-bond donors (Lipinski definition) is 1. The standard InChI is InChI=1S/C41H59FN2O10/c1-12-19-50-39(7)22-24(4)31(45)25(5)33-41(9,54-38(49)43-33)30(13-2)52-37(48)40(8,42)34(46)26(6)35(39)51-29-21-23(3)20-28(44(10)11)32(29)53-36(47)27-17-15-14-16-18-27/h12,14-18,23-26,28-30,32-33,35H,1,13,19-22H2,2-11H3,(H,43,49)/t23-,24-,25-,26+,28+,29-,30+,32-,33-,35-,39+,40?,41+/m1/s1. The average Bonchev–Trinajstić information content (AvgIpc) is 3.44. The number of amides is 1. The zero-order chi connectivity index (χ0) is 40.3. The fourth-order valence-electron chi connectivity index (χ4n) is 8.75. The fourth-order valence-corrected chi connectivity index (χ4v) is 8.75. The highest BCUT2D eigenvalue weighted by molar-refractivity contribution is 6.08. The van der Waals surface area contributed by atoms with Crippen molar-refractivity contribution in [2.45, 2.75) is 134 Å². The maximum Gasteiger partial charge on any atom is 0.408 e. The van der Waals surface area contributed by atoms with Crippen molar-refractivity contribution < 1.29 is 52.0 Å². The summed E-state index contributed by atoms with van der Waals surface area (Å²) in [6.07, 6.45) is -2.18. The number of ketones is 2. The van der Waals surface area contributed by atoms with Crippen molar-refractivity contribution in [2.24, 2.45) is 23.7 Å². The molecule has 54 heavy (non-hydrogen) atoms. The zero-order valence-electron chi connectivity index (χ0n) is 33.4. The average molecular weight is 759 g/mol. The Morgan fingerprint density at radius 3 is 2.28 bits per heavy atom. The second kappa shape index (κ2) is 17.0. The van der Waals surface area contributed by atoms with Crippen LogP contribution in [-0.4, -0.2) is 109 Å². The van der Waals surface area contributed by atoms with Crippen LogP contribution in [0.3, 0.4) is 0 Å². The second-order valence-corrected chi connectivity index (χ2v) is 16.3. The number of alkyl halides is 1. The van der Waals surface area contributed by atoms with Gasteiger partial charge in [0.1, 0.15) is 18.0 Å². The Morgan fingerprint density at radius 2 is 1.69 bits per heavy atom. The number of carbonyl (C=O) groups is 5. The quantitative estimate of drug-likeness (QED) is 0.144. The van der Waals surface area contributed by atoms with Crippen LogP contribution in [0.4, 0.5) is 9.18 Å². The topological polar surface area (TPSA) is 147 Å². The van der Waals surface area contributed by atoms with E-state index in [1.807, 2.05) is 19.0 Å². The molecule has 0 aromatic heterocycles. The van der Waals surface area contributed by atoms with Crippen LogP contribution in [0.15, 0.2) is 43.0 Å². The van der Waals surface area contributed by atoms with Gasteiger partial charge in [0, 0.05) is 23.8 Å². The van der Waals surface area contributed by atoms with E-state index < -0.39 is 88.9 Å². The molecule has 1 saturated carbocycles. The van der Waals surface area contributed by atoms with E-state index in [0.29, 0.717) is 18.4 Å². The van der Waals surface area contributed by atoms with E-state index in [9.17, 15) is 24.0 Å². The summed E-state index contributed by atoms with van der Waals surface area (Å²) in [5.74, 6) is -6.22. The zero-order valence-corrected chi connectivity index (χ0v) is 33.4. The number of carbonyl (C=O) groups excluding carboxylic acids is 5.